The fourth-order valence-corrected chi connectivity index (χ4v) is 5.94. The Balaban J connectivity index is 4.18. The quantitative estimate of drug-likeness (QED) is 0.0289. The average Bonchev–Trinajstić information content (AvgIpc) is 3.08. The lowest BCUT2D eigenvalue weighted by molar-refractivity contribution is -0.167. The summed E-state index contributed by atoms with van der Waals surface area (Å²) >= 11 is 0. The first kappa shape index (κ1) is 49.1. The Labute approximate surface area is 315 Å². The molecule has 0 aliphatic rings. The first-order valence-corrected chi connectivity index (χ1v) is 21.4. The molecule has 7 heteroatoms. The highest BCUT2D eigenvalue weighted by Crippen LogP contribution is 2.14. The van der Waals surface area contributed by atoms with E-state index in [1.165, 1.54) is 116 Å². The van der Waals surface area contributed by atoms with Gasteiger partial charge >= 0.3 is 12.1 Å². The molecule has 0 spiro atoms. The van der Waals surface area contributed by atoms with E-state index in [2.05, 4.69) is 43.5 Å². The predicted molar refractivity (Wildman–Crippen MR) is 215 cm³/mol. The van der Waals surface area contributed by atoms with Crippen LogP contribution in [-0.4, -0.2) is 48.3 Å². The Kier molecular flexibility index (Phi) is 35.2. The summed E-state index contributed by atoms with van der Waals surface area (Å²) in [5.41, 5.74) is -0.625. The average molecular weight is 722 g/mol. The van der Waals surface area contributed by atoms with Gasteiger partial charge in [-0.05, 0) is 91.4 Å². The molecule has 0 aromatic rings. The minimum Gasteiger partial charge on any atom is -0.463 e. The number of unbranched alkanes of at least 4 members (excludes halogenated alkanes) is 22. The highest BCUT2D eigenvalue weighted by molar-refractivity contribution is 5.69. The van der Waals surface area contributed by atoms with Crippen LogP contribution in [0.3, 0.4) is 0 Å². The Morgan fingerprint density at radius 2 is 1.02 bits per heavy atom. The van der Waals surface area contributed by atoms with E-state index in [-0.39, 0.29) is 19.1 Å². The number of carbonyl (C=O) groups excluding carboxylic acids is 2. The summed E-state index contributed by atoms with van der Waals surface area (Å²) in [4.78, 5) is 24.7. The molecule has 0 radical (unpaired) electrons. The van der Waals surface area contributed by atoms with Gasteiger partial charge in [0, 0.05) is 6.42 Å². The maximum absolute atomic E-state index is 12.5. The first-order valence-electron chi connectivity index (χ1n) is 21.4. The lowest BCUT2D eigenvalue weighted by Crippen LogP contribution is -2.41. The topological polar surface area (TPSA) is 94.1 Å². The van der Waals surface area contributed by atoms with Crippen molar-refractivity contribution in [2.75, 3.05) is 13.2 Å². The zero-order valence-electron chi connectivity index (χ0n) is 34.2. The van der Waals surface area contributed by atoms with Crippen LogP contribution in [0.25, 0.3) is 0 Å². The number of allylic oxidation sites excluding steroid dienone is 4. The van der Waals surface area contributed by atoms with Crippen LogP contribution in [0, 0.1) is 0 Å². The van der Waals surface area contributed by atoms with E-state index in [1.807, 2.05) is 0 Å². The van der Waals surface area contributed by atoms with Crippen molar-refractivity contribution in [3.05, 3.63) is 24.3 Å². The number of amides is 1. The van der Waals surface area contributed by atoms with Gasteiger partial charge < -0.3 is 24.6 Å². The van der Waals surface area contributed by atoms with Gasteiger partial charge in [0.05, 0.1) is 6.54 Å². The van der Waals surface area contributed by atoms with E-state index in [0.717, 1.165) is 51.4 Å². The van der Waals surface area contributed by atoms with Crippen LogP contribution in [0.2, 0.25) is 0 Å². The molecule has 51 heavy (non-hydrogen) atoms. The van der Waals surface area contributed by atoms with Crippen LogP contribution in [0.15, 0.2) is 24.3 Å². The predicted octanol–water partition coefficient (Wildman–Crippen LogP) is 12.8. The fraction of sp³-hybridized carbons (Fsp3) is 0.864. The third-order valence-corrected chi connectivity index (χ3v) is 9.01. The Morgan fingerprint density at radius 1 is 0.608 bits per heavy atom. The van der Waals surface area contributed by atoms with E-state index in [4.69, 9.17) is 14.2 Å². The highest BCUT2D eigenvalue weighted by atomic mass is 16.6. The van der Waals surface area contributed by atoms with Gasteiger partial charge in [-0.3, -0.25) is 4.79 Å². The Hall–Kier alpha value is -1.86. The monoisotopic (exact) mass is 722 g/mol. The first-order chi connectivity index (χ1) is 24.7. The van der Waals surface area contributed by atoms with Crippen molar-refractivity contribution in [1.82, 2.24) is 5.32 Å². The van der Waals surface area contributed by atoms with Crippen LogP contribution in [0.1, 0.15) is 214 Å². The van der Waals surface area contributed by atoms with E-state index in [1.54, 1.807) is 20.8 Å². The number of hydrogen-bond acceptors (Lipinski definition) is 6. The molecule has 0 bridgehead atoms. The van der Waals surface area contributed by atoms with Crippen molar-refractivity contribution in [1.29, 1.82) is 0 Å². The summed E-state index contributed by atoms with van der Waals surface area (Å²) in [6.07, 6.45) is 39.6. The Bertz CT molecular complexity index is 836. The molecule has 1 amide bonds. The maximum atomic E-state index is 12.5. The van der Waals surface area contributed by atoms with Crippen molar-refractivity contribution in [2.24, 2.45) is 0 Å². The van der Waals surface area contributed by atoms with Gasteiger partial charge in [0.25, 0.3) is 0 Å². The van der Waals surface area contributed by atoms with E-state index >= 15 is 0 Å². The summed E-state index contributed by atoms with van der Waals surface area (Å²) in [5, 5.41) is 13.3. The minimum absolute atomic E-state index is 0.0247. The van der Waals surface area contributed by atoms with E-state index in [9.17, 15) is 14.7 Å². The molecule has 0 heterocycles. The molecule has 7 nitrogen and oxygen atoms in total. The molecule has 0 aliphatic carbocycles. The van der Waals surface area contributed by atoms with Crippen molar-refractivity contribution in [3.8, 4) is 0 Å². The standard InChI is InChI=1S/C44H83NO6/c1-6-8-10-12-14-16-18-20-22-24-26-28-30-32-34-36-41(46)49-39-40(38-45-43(48)51-44(3,4)5)50-42(47)37-35-33-31-29-27-25-23-21-19-17-15-13-11-9-7-2/h20-23,40,42,47H,6-19,24-39H2,1-5H3,(H,45,48)/b22-20-,23-21-. The van der Waals surface area contributed by atoms with Crippen LogP contribution in [0.4, 0.5) is 4.79 Å². The van der Waals surface area contributed by atoms with Gasteiger partial charge in [-0.1, -0.05) is 141 Å². The van der Waals surface area contributed by atoms with Gasteiger partial charge in [-0.2, -0.15) is 0 Å². The number of aliphatic hydroxyl groups excluding tert-OH is 1. The number of nitrogens with one attached hydrogen (secondary N) is 1. The van der Waals surface area contributed by atoms with Crippen LogP contribution >= 0.6 is 0 Å². The molecular weight excluding hydrogens is 638 g/mol. The summed E-state index contributed by atoms with van der Waals surface area (Å²) in [6, 6.07) is 0. The molecule has 2 N–H and O–H groups in total. The fourth-order valence-electron chi connectivity index (χ4n) is 5.94. The van der Waals surface area contributed by atoms with Gasteiger partial charge in [0.2, 0.25) is 0 Å². The van der Waals surface area contributed by atoms with Gasteiger partial charge in [-0.25, -0.2) is 4.79 Å². The molecule has 0 rings (SSSR count). The summed E-state index contributed by atoms with van der Waals surface area (Å²) in [7, 11) is 0. The van der Waals surface area contributed by atoms with Crippen molar-refractivity contribution >= 4 is 12.1 Å². The van der Waals surface area contributed by atoms with Crippen LogP contribution < -0.4 is 5.32 Å². The molecule has 0 fully saturated rings. The second kappa shape index (κ2) is 36.5. The lowest BCUT2D eigenvalue weighted by atomic mass is 10.1. The number of hydrogen-bond donors (Lipinski definition) is 2. The minimum atomic E-state index is -0.982. The SMILES string of the molecule is CCCCCCCC/C=C\CCCCCCCC(=O)OCC(CNC(=O)OC(C)(C)C)OC(O)CCCCCCC/C=C\CCCCCCCC. The molecule has 0 aromatic heterocycles. The smallest absolute Gasteiger partial charge is 0.407 e. The van der Waals surface area contributed by atoms with Gasteiger partial charge in [0.1, 0.15) is 18.3 Å². The van der Waals surface area contributed by atoms with Crippen molar-refractivity contribution in [3.63, 3.8) is 0 Å². The molecule has 0 saturated heterocycles. The third kappa shape index (κ3) is 39.2. The van der Waals surface area contributed by atoms with Crippen molar-refractivity contribution < 1.29 is 28.9 Å². The van der Waals surface area contributed by atoms with Crippen molar-refractivity contribution in [2.45, 2.75) is 232 Å². The molecule has 0 aromatic carbocycles. The number of carbonyl (C=O) groups is 2. The van der Waals surface area contributed by atoms with E-state index < -0.39 is 24.1 Å². The maximum Gasteiger partial charge on any atom is 0.407 e. The molecular formula is C44H83NO6. The number of alkyl carbamates (subject to hydrolysis) is 1. The molecule has 0 saturated carbocycles. The number of esters is 1. The second-order valence-corrected chi connectivity index (χ2v) is 15.5. The highest BCUT2D eigenvalue weighted by Gasteiger charge is 2.21. The van der Waals surface area contributed by atoms with Crippen LogP contribution in [-0.2, 0) is 19.0 Å². The van der Waals surface area contributed by atoms with Gasteiger partial charge in [0.15, 0.2) is 6.29 Å². The molecule has 0 aliphatic heterocycles. The zero-order chi connectivity index (χ0) is 37.7. The molecule has 300 valence electrons. The third-order valence-electron chi connectivity index (χ3n) is 9.01. The van der Waals surface area contributed by atoms with Crippen LogP contribution in [0.5, 0.6) is 0 Å². The number of aliphatic hydroxyl groups is 1. The van der Waals surface area contributed by atoms with Gasteiger partial charge in [-0.15, -0.1) is 0 Å². The summed E-state index contributed by atoms with van der Waals surface area (Å²) in [5.74, 6) is -0.273. The number of ether oxygens (including phenoxy) is 3. The second-order valence-electron chi connectivity index (χ2n) is 15.5. The summed E-state index contributed by atoms with van der Waals surface area (Å²) < 4.78 is 16.7. The largest absolute Gasteiger partial charge is 0.463 e. The number of rotatable bonds is 36. The summed E-state index contributed by atoms with van der Waals surface area (Å²) in [6.45, 7) is 9.98. The normalized spacial score (nSPS) is 13.2. The molecule has 2 unspecified atom stereocenters. The lowest BCUT2D eigenvalue weighted by Gasteiger charge is -2.24. The molecule has 2 atom stereocenters. The zero-order valence-corrected chi connectivity index (χ0v) is 34.2. The Morgan fingerprint density at radius 3 is 1.47 bits per heavy atom. The van der Waals surface area contributed by atoms with E-state index in [0.29, 0.717) is 12.8 Å².